The van der Waals surface area contributed by atoms with Crippen molar-refractivity contribution in [3.63, 3.8) is 0 Å². The molecule has 2 N–H and O–H groups in total. The Hall–Kier alpha value is -0.790. The first-order valence-corrected chi connectivity index (χ1v) is 6.21. The van der Waals surface area contributed by atoms with Gasteiger partial charge in [0.2, 0.25) is 0 Å². The maximum Gasteiger partial charge on any atom is 0.191 e. The van der Waals surface area contributed by atoms with Crippen LogP contribution in [0.15, 0.2) is 23.5 Å². The van der Waals surface area contributed by atoms with Gasteiger partial charge in [-0.2, -0.15) is 5.10 Å². The number of guanidine groups is 1. The second-order valence-electron chi connectivity index (χ2n) is 4.08. The highest BCUT2D eigenvalue weighted by atomic mass is 127. The second kappa shape index (κ2) is 10.2. The lowest BCUT2D eigenvalue weighted by molar-refractivity contribution is 0.564. The van der Waals surface area contributed by atoms with Crippen LogP contribution in [-0.2, 0) is 6.54 Å². The minimum Gasteiger partial charge on any atom is -0.356 e. The zero-order valence-electron chi connectivity index (χ0n) is 11.4. The lowest BCUT2D eigenvalue weighted by atomic mass is 10.3. The summed E-state index contributed by atoms with van der Waals surface area (Å²) in [5, 5.41) is 10.8. The van der Waals surface area contributed by atoms with Gasteiger partial charge in [-0.1, -0.05) is 6.92 Å². The van der Waals surface area contributed by atoms with E-state index in [0.717, 1.165) is 31.9 Å². The minimum atomic E-state index is 0. The molecular weight excluding hydrogens is 341 g/mol. The van der Waals surface area contributed by atoms with Gasteiger partial charge in [0.25, 0.3) is 0 Å². The van der Waals surface area contributed by atoms with E-state index in [1.165, 1.54) is 0 Å². The van der Waals surface area contributed by atoms with Crippen molar-refractivity contribution < 1.29 is 0 Å². The Bertz CT molecular complexity index is 323. The number of aromatic nitrogens is 2. The summed E-state index contributed by atoms with van der Waals surface area (Å²) in [6.07, 6.45) is 5.90. The summed E-state index contributed by atoms with van der Waals surface area (Å²) in [6, 6.07) is 2.39. The van der Waals surface area contributed by atoms with E-state index in [4.69, 9.17) is 0 Å². The van der Waals surface area contributed by atoms with Crippen LogP contribution in [0.3, 0.4) is 0 Å². The van der Waals surface area contributed by atoms with Crippen LogP contribution in [0.1, 0.15) is 26.7 Å². The highest BCUT2D eigenvalue weighted by Gasteiger charge is 2.01. The average molecular weight is 365 g/mol. The van der Waals surface area contributed by atoms with Gasteiger partial charge in [0, 0.05) is 38.6 Å². The Labute approximate surface area is 126 Å². The van der Waals surface area contributed by atoms with E-state index in [1.807, 2.05) is 16.9 Å². The fourth-order valence-electron chi connectivity index (χ4n) is 1.41. The summed E-state index contributed by atoms with van der Waals surface area (Å²) >= 11 is 0. The molecule has 0 saturated carbocycles. The molecule has 18 heavy (non-hydrogen) atoms. The van der Waals surface area contributed by atoms with Crippen molar-refractivity contribution in [2.24, 2.45) is 4.99 Å². The average Bonchev–Trinajstić information content (AvgIpc) is 2.85. The molecule has 0 radical (unpaired) electrons. The fraction of sp³-hybridized carbons (Fsp3) is 0.667. The highest BCUT2D eigenvalue weighted by Crippen LogP contribution is 1.89. The molecule has 0 amide bonds. The summed E-state index contributed by atoms with van der Waals surface area (Å²) in [5.41, 5.74) is 0. The van der Waals surface area contributed by atoms with Crippen LogP contribution in [0.5, 0.6) is 0 Å². The zero-order chi connectivity index (χ0) is 12.5. The third-order valence-electron chi connectivity index (χ3n) is 2.63. The third-order valence-corrected chi connectivity index (χ3v) is 2.63. The molecule has 0 aliphatic heterocycles. The number of nitrogens with one attached hydrogen (secondary N) is 2. The van der Waals surface area contributed by atoms with Crippen molar-refractivity contribution in [1.82, 2.24) is 20.4 Å². The van der Waals surface area contributed by atoms with Crippen molar-refractivity contribution in [1.29, 1.82) is 0 Å². The van der Waals surface area contributed by atoms with Crippen LogP contribution < -0.4 is 10.6 Å². The van der Waals surface area contributed by atoms with E-state index >= 15 is 0 Å². The summed E-state index contributed by atoms with van der Waals surface area (Å²) in [4.78, 5) is 4.18. The highest BCUT2D eigenvalue weighted by molar-refractivity contribution is 14.0. The van der Waals surface area contributed by atoms with E-state index in [-0.39, 0.29) is 24.0 Å². The number of hydrogen-bond acceptors (Lipinski definition) is 2. The molecule has 0 aromatic carbocycles. The minimum absolute atomic E-state index is 0. The molecule has 0 aliphatic carbocycles. The van der Waals surface area contributed by atoms with Gasteiger partial charge in [-0.25, -0.2) is 0 Å². The van der Waals surface area contributed by atoms with Crippen molar-refractivity contribution in [2.45, 2.75) is 39.3 Å². The molecule has 0 aliphatic rings. The smallest absolute Gasteiger partial charge is 0.191 e. The Morgan fingerprint density at radius 2 is 2.28 bits per heavy atom. The van der Waals surface area contributed by atoms with Crippen LogP contribution in [0.4, 0.5) is 0 Å². The van der Waals surface area contributed by atoms with Gasteiger partial charge in [-0.05, 0) is 25.8 Å². The first-order chi connectivity index (χ1) is 8.26. The van der Waals surface area contributed by atoms with Gasteiger partial charge >= 0.3 is 0 Å². The van der Waals surface area contributed by atoms with E-state index in [9.17, 15) is 0 Å². The van der Waals surface area contributed by atoms with Gasteiger partial charge in [0.15, 0.2) is 5.96 Å². The van der Waals surface area contributed by atoms with Gasteiger partial charge in [0.1, 0.15) is 0 Å². The van der Waals surface area contributed by atoms with Gasteiger partial charge in [-0.15, -0.1) is 24.0 Å². The molecule has 1 aromatic rings. The van der Waals surface area contributed by atoms with Crippen LogP contribution in [-0.4, -0.2) is 35.4 Å². The lowest BCUT2D eigenvalue weighted by Crippen LogP contribution is -2.42. The predicted molar refractivity (Wildman–Crippen MR) is 86.5 cm³/mol. The fourth-order valence-corrected chi connectivity index (χ4v) is 1.41. The molecule has 0 bridgehead atoms. The van der Waals surface area contributed by atoms with Gasteiger partial charge in [-0.3, -0.25) is 9.67 Å². The maximum absolute atomic E-state index is 4.18. The molecule has 0 fully saturated rings. The first-order valence-electron chi connectivity index (χ1n) is 6.21. The lowest BCUT2D eigenvalue weighted by Gasteiger charge is -2.16. The number of halogens is 1. The van der Waals surface area contributed by atoms with E-state index in [0.29, 0.717) is 6.04 Å². The van der Waals surface area contributed by atoms with E-state index in [1.54, 1.807) is 13.2 Å². The quantitative estimate of drug-likeness (QED) is 0.350. The first kappa shape index (κ1) is 17.2. The molecule has 104 valence electrons. The molecule has 1 heterocycles. The number of rotatable bonds is 6. The van der Waals surface area contributed by atoms with Crippen molar-refractivity contribution >= 4 is 29.9 Å². The second-order valence-corrected chi connectivity index (χ2v) is 4.08. The third kappa shape index (κ3) is 6.83. The molecule has 6 heteroatoms. The van der Waals surface area contributed by atoms with Crippen LogP contribution in [0, 0.1) is 0 Å². The number of aryl methyl sites for hydroxylation is 1. The van der Waals surface area contributed by atoms with Crippen molar-refractivity contribution in [3.05, 3.63) is 18.5 Å². The summed E-state index contributed by atoms with van der Waals surface area (Å²) in [7, 11) is 1.80. The number of hydrogen-bond donors (Lipinski definition) is 2. The standard InChI is InChI=1S/C12H23N5.HI/c1-4-11(2)16-12(13-3)14-7-5-9-17-10-6-8-15-17;/h6,8,10-11H,4-5,7,9H2,1-3H3,(H2,13,14,16);1H. The van der Waals surface area contributed by atoms with Gasteiger partial charge in [0.05, 0.1) is 0 Å². The molecule has 0 spiro atoms. The van der Waals surface area contributed by atoms with E-state index in [2.05, 4.69) is 34.6 Å². The molecule has 0 saturated heterocycles. The Morgan fingerprint density at radius 3 is 2.83 bits per heavy atom. The number of aliphatic imine (C=N–C) groups is 1. The SMILES string of the molecule is CCC(C)NC(=NC)NCCCn1cccn1.I. The topological polar surface area (TPSA) is 54.2 Å². The molecule has 1 aromatic heterocycles. The zero-order valence-corrected chi connectivity index (χ0v) is 13.7. The Kier molecular flexibility index (Phi) is 9.72. The summed E-state index contributed by atoms with van der Waals surface area (Å²) < 4.78 is 1.94. The van der Waals surface area contributed by atoms with Crippen molar-refractivity contribution in [2.75, 3.05) is 13.6 Å². The summed E-state index contributed by atoms with van der Waals surface area (Å²) in [5.74, 6) is 0.875. The maximum atomic E-state index is 4.18. The molecule has 1 atom stereocenters. The van der Waals surface area contributed by atoms with Crippen LogP contribution in [0.25, 0.3) is 0 Å². The monoisotopic (exact) mass is 365 g/mol. The summed E-state index contributed by atoms with van der Waals surface area (Å²) in [6.45, 7) is 6.13. The van der Waals surface area contributed by atoms with Crippen LogP contribution in [0.2, 0.25) is 0 Å². The predicted octanol–water partition coefficient (Wildman–Crippen LogP) is 1.85. The van der Waals surface area contributed by atoms with Crippen molar-refractivity contribution in [3.8, 4) is 0 Å². The molecule has 1 rings (SSSR count). The Balaban J connectivity index is 0.00000289. The van der Waals surface area contributed by atoms with Gasteiger partial charge < -0.3 is 10.6 Å². The normalized spacial score (nSPS) is 12.7. The van der Waals surface area contributed by atoms with E-state index < -0.39 is 0 Å². The molecule has 5 nitrogen and oxygen atoms in total. The largest absolute Gasteiger partial charge is 0.356 e. The molecular formula is C12H24IN5. The van der Waals surface area contributed by atoms with Crippen LogP contribution >= 0.6 is 24.0 Å². The molecule has 1 unspecified atom stereocenters. The Morgan fingerprint density at radius 1 is 1.50 bits per heavy atom. The number of nitrogens with zero attached hydrogens (tertiary/aromatic N) is 3.